The van der Waals surface area contributed by atoms with Crippen molar-refractivity contribution in [2.24, 2.45) is 5.41 Å². The molecule has 0 aromatic rings. The average Bonchev–Trinajstić information content (AvgIpc) is 2.79. The van der Waals surface area contributed by atoms with Crippen LogP contribution in [-0.4, -0.2) is 46.2 Å². The van der Waals surface area contributed by atoms with Crippen molar-refractivity contribution in [1.82, 2.24) is 10.2 Å². The first-order valence-corrected chi connectivity index (χ1v) is 7.17. The number of hydrogen-bond acceptors (Lipinski definition) is 4. The number of nitrogens with zero attached hydrogens (tertiary/aromatic N) is 1. The standard InChI is InChI=1S/C12H18N2O3S/c1-11(2,3)8(15)6-14-9(16)12(13-10(14)17)4-5-18-7-12/h4-7H2,1-3H3,(H,13,17). The monoisotopic (exact) mass is 270 g/mol. The summed E-state index contributed by atoms with van der Waals surface area (Å²) in [4.78, 5) is 37.1. The van der Waals surface area contributed by atoms with Gasteiger partial charge in [-0.2, -0.15) is 11.8 Å². The van der Waals surface area contributed by atoms with Crippen LogP contribution in [0.4, 0.5) is 4.79 Å². The Bertz CT molecular complexity index is 408. The lowest BCUT2D eigenvalue weighted by molar-refractivity contribution is -0.136. The maximum atomic E-state index is 12.3. The highest BCUT2D eigenvalue weighted by atomic mass is 32.2. The van der Waals surface area contributed by atoms with E-state index in [4.69, 9.17) is 0 Å². The van der Waals surface area contributed by atoms with Gasteiger partial charge in [0.2, 0.25) is 0 Å². The molecule has 6 heteroatoms. The minimum Gasteiger partial charge on any atom is -0.322 e. The minimum atomic E-state index is -0.750. The molecule has 0 aromatic carbocycles. The van der Waals surface area contributed by atoms with Crippen LogP contribution < -0.4 is 5.32 Å². The molecule has 18 heavy (non-hydrogen) atoms. The summed E-state index contributed by atoms with van der Waals surface area (Å²) in [6.45, 7) is 5.24. The summed E-state index contributed by atoms with van der Waals surface area (Å²) >= 11 is 1.66. The number of nitrogens with one attached hydrogen (secondary N) is 1. The Labute approximate surface area is 111 Å². The molecule has 0 saturated carbocycles. The number of thioether (sulfide) groups is 1. The summed E-state index contributed by atoms with van der Waals surface area (Å²) in [7, 11) is 0. The number of amides is 3. The molecule has 0 aliphatic carbocycles. The average molecular weight is 270 g/mol. The van der Waals surface area contributed by atoms with Crippen molar-refractivity contribution in [2.45, 2.75) is 32.7 Å². The number of urea groups is 1. The first kappa shape index (κ1) is 13.4. The molecule has 2 aliphatic heterocycles. The number of carbonyl (C=O) groups excluding carboxylic acids is 3. The van der Waals surface area contributed by atoms with Gasteiger partial charge in [-0.05, 0) is 12.2 Å². The number of hydrogen-bond donors (Lipinski definition) is 1. The zero-order valence-corrected chi connectivity index (χ0v) is 11.7. The molecule has 1 N–H and O–H groups in total. The highest BCUT2D eigenvalue weighted by molar-refractivity contribution is 7.99. The first-order chi connectivity index (χ1) is 8.26. The second-order valence-corrected chi connectivity index (χ2v) is 6.98. The van der Waals surface area contributed by atoms with Crippen molar-refractivity contribution < 1.29 is 14.4 Å². The van der Waals surface area contributed by atoms with E-state index in [1.807, 2.05) is 0 Å². The van der Waals surface area contributed by atoms with Crippen LogP contribution in [0.2, 0.25) is 0 Å². The van der Waals surface area contributed by atoms with Gasteiger partial charge >= 0.3 is 6.03 Å². The van der Waals surface area contributed by atoms with Crippen molar-refractivity contribution in [3.63, 3.8) is 0 Å². The van der Waals surface area contributed by atoms with E-state index >= 15 is 0 Å². The SMILES string of the molecule is CC(C)(C)C(=O)CN1C(=O)NC2(CCSC2)C1=O. The van der Waals surface area contributed by atoms with Gasteiger partial charge in [-0.1, -0.05) is 20.8 Å². The van der Waals surface area contributed by atoms with Crippen molar-refractivity contribution in [2.75, 3.05) is 18.1 Å². The predicted molar refractivity (Wildman–Crippen MR) is 69.4 cm³/mol. The van der Waals surface area contributed by atoms with E-state index in [1.165, 1.54) is 0 Å². The molecule has 2 aliphatic rings. The van der Waals surface area contributed by atoms with E-state index in [0.29, 0.717) is 12.2 Å². The van der Waals surface area contributed by atoms with Gasteiger partial charge in [0.1, 0.15) is 5.54 Å². The Kier molecular flexibility index (Phi) is 3.17. The smallest absolute Gasteiger partial charge is 0.322 e. The van der Waals surface area contributed by atoms with Crippen molar-refractivity contribution in [3.05, 3.63) is 0 Å². The third kappa shape index (κ3) is 2.13. The molecule has 100 valence electrons. The summed E-state index contributed by atoms with van der Waals surface area (Å²) in [5.74, 6) is 1.13. The van der Waals surface area contributed by atoms with E-state index in [2.05, 4.69) is 5.32 Å². The van der Waals surface area contributed by atoms with Crippen LogP contribution in [0.3, 0.4) is 0 Å². The Morgan fingerprint density at radius 2 is 2.11 bits per heavy atom. The molecular formula is C12H18N2O3S. The second-order valence-electron chi connectivity index (χ2n) is 5.88. The molecule has 1 atom stereocenters. The Balaban J connectivity index is 2.13. The molecule has 1 unspecified atom stereocenters. The van der Waals surface area contributed by atoms with Gasteiger partial charge in [0.25, 0.3) is 5.91 Å². The van der Waals surface area contributed by atoms with Gasteiger partial charge in [0.05, 0.1) is 6.54 Å². The fraction of sp³-hybridized carbons (Fsp3) is 0.750. The molecule has 0 aromatic heterocycles. The first-order valence-electron chi connectivity index (χ1n) is 6.01. The van der Waals surface area contributed by atoms with Crippen LogP contribution in [0, 0.1) is 5.41 Å². The molecule has 2 saturated heterocycles. The van der Waals surface area contributed by atoms with E-state index in [1.54, 1.807) is 32.5 Å². The highest BCUT2D eigenvalue weighted by Gasteiger charge is 2.53. The highest BCUT2D eigenvalue weighted by Crippen LogP contribution is 2.33. The van der Waals surface area contributed by atoms with Crippen molar-refractivity contribution in [1.29, 1.82) is 0 Å². The fourth-order valence-electron chi connectivity index (χ4n) is 2.03. The van der Waals surface area contributed by atoms with Gasteiger partial charge in [-0.25, -0.2) is 4.79 Å². The van der Waals surface area contributed by atoms with Gasteiger partial charge < -0.3 is 5.32 Å². The molecule has 3 amide bonds. The number of Topliss-reactive ketones (excluding diaryl/α,β-unsaturated/α-hetero) is 1. The molecule has 1 spiro atoms. The number of ketones is 1. The van der Waals surface area contributed by atoms with Crippen LogP contribution in [0.15, 0.2) is 0 Å². The molecule has 0 radical (unpaired) electrons. The third-order valence-electron chi connectivity index (χ3n) is 3.41. The van der Waals surface area contributed by atoms with E-state index in [-0.39, 0.29) is 18.2 Å². The summed E-state index contributed by atoms with van der Waals surface area (Å²) in [6, 6.07) is -0.430. The molecule has 2 fully saturated rings. The number of imide groups is 1. The zero-order valence-electron chi connectivity index (χ0n) is 10.9. The Hall–Kier alpha value is -1.04. The maximum Gasteiger partial charge on any atom is 0.325 e. The third-order valence-corrected chi connectivity index (χ3v) is 4.60. The Morgan fingerprint density at radius 1 is 1.44 bits per heavy atom. The zero-order chi connectivity index (χ0) is 13.6. The van der Waals surface area contributed by atoms with Crippen LogP contribution in [0.5, 0.6) is 0 Å². The number of carbonyl (C=O) groups is 3. The van der Waals surface area contributed by atoms with Gasteiger partial charge in [-0.15, -0.1) is 0 Å². The largest absolute Gasteiger partial charge is 0.325 e. The molecule has 5 nitrogen and oxygen atoms in total. The van der Waals surface area contributed by atoms with Gasteiger partial charge in [0.15, 0.2) is 5.78 Å². The number of rotatable bonds is 2. The molecule has 0 bridgehead atoms. The topological polar surface area (TPSA) is 66.5 Å². The normalized spacial score (nSPS) is 28.1. The summed E-state index contributed by atoms with van der Waals surface area (Å²) in [5.41, 5.74) is -1.29. The van der Waals surface area contributed by atoms with Crippen molar-refractivity contribution in [3.8, 4) is 0 Å². The van der Waals surface area contributed by atoms with Crippen LogP contribution in [0.25, 0.3) is 0 Å². The maximum absolute atomic E-state index is 12.3. The second kappa shape index (κ2) is 4.26. The lowest BCUT2D eigenvalue weighted by Gasteiger charge is -2.22. The molecule has 2 rings (SSSR count). The van der Waals surface area contributed by atoms with Crippen LogP contribution in [-0.2, 0) is 9.59 Å². The van der Waals surface area contributed by atoms with Crippen LogP contribution >= 0.6 is 11.8 Å². The summed E-state index contributed by atoms with van der Waals surface area (Å²) in [5, 5.41) is 2.75. The van der Waals surface area contributed by atoms with Crippen LogP contribution in [0.1, 0.15) is 27.2 Å². The summed E-state index contributed by atoms with van der Waals surface area (Å²) < 4.78 is 0. The minimum absolute atomic E-state index is 0.103. The fourth-order valence-corrected chi connectivity index (χ4v) is 3.36. The van der Waals surface area contributed by atoms with E-state index < -0.39 is 17.0 Å². The van der Waals surface area contributed by atoms with Gasteiger partial charge in [0, 0.05) is 11.2 Å². The lowest BCUT2D eigenvalue weighted by Crippen LogP contribution is -2.47. The Morgan fingerprint density at radius 3 is 2.61 bits per heavy atom. The van der Waals surface area contributed by atoms with E-state index in [9.17, 15) is 14.4 Å². The predicted octanol–water partition coefficient (Wildman–Crippen LogP) is 1.03. The quantitative estimate of drug-likeness (QED) is 0.761. The van der Waals surface area contributed by atoms with E-state index in [0.717, 1.165) is 10.7 Å². The lowest BCUT2D eigenvalue weighted by atomic mass is 9.90. The molecular weight excluding hydrogens is 252 g/mol. The molecule has 2 heterocycles. The summed E-state index contributed by atoms with van der Waals surface area (Å²) in [6.07, 6.45) is 0.655. The van der Waals surface area contributed by atoms with Crippen molar-refractivity contribution >= 4 is 29.5 Å². The van der Waals surface area contributed by atoms with Gasteiger partial charge in [-0.3, -0.25) is 14.5 Å².